The Hall–Kier alpha value is -0.960. The largest absolute Gasteiger partial charge is 0.313 e. The van der Waals surface area contributed by atoms with E-state index >= 15 is 0 Å². The van der Waals surface area contributed by atoms with E-state index in [-0.39, 0.29) is 0 Å². The molecule has 20 heavy (non-hydrogen) atoms. The molecule has 0 heterocycles. The molecule has 0 saturated heterocycles. The van der Waals surface area contributed by atoms with Crippen LogP contribution in [0.4, 0.5) is 0 Å². The zero-order valence-corrected chi connectivity index (χ0v) is 13.3. The van der Waals surface area contributed by atoms with E-state index in [1.165, 1.54) is 16.0 Å². The molecule has 2 rings (SSSR count). The van der Waals surface area contributed by atoms with Crippen molar-refractivity contribution in [2.75, 3.05) is 6.54 Å². The Morgan fingerprint density at radius 2 is 1.90 bits per heavy atom. The molecule has 0 atom stereocenters. The molecular weight excluding hydrogens is 286 g/mol. The van der Waals surface area contributed by atoms with Crippen LogP contribution in [0.3, 0.4) is 0 Å². The summed E-state index contributed by atoms with van der Waals surface area (Å²) in [5.74, 6) is 0.989. The smallest absolute Gasteiger partial charge is 0.0410 e. The summed E-state index contributed by atoms with van der Waals surface area (Å²) in [4.78, 5) is 1.31. The molecule has 0 radical (unpaired) electrons. The highest BCUT2D eigenvalue weighted by Gasteiger charge is 2.04. The Labute approximate surface area is 130 Å². The second kappa shape index (κ2) is 8.35. The van der Waals surface area contributed by atoms with Crippen molar-refractivity contribution in [3.05, 3.63) is 64.7 Å². The number of nitrogens with one attached hydrogen (secondary N) is 1. The summed E-state index contributed by atoms with van der Waals surface area (Å²) in [5.41, 5.74) is 2.63. The standard InChI is InChI=1S/C17H20ClNS/c1-2-10-19-12-15-11-16(18)8-9-17(15)20-13-14-6-4-3-5-7-14/h3-9,11,19H,2,10,12-13H2,1H3. The Morgan fingerprint density at radius 1 is 1.10 bits per heavy atom. The van der Waals surface area contributed by atoms with Crippen LogP contribution >= 0.6 is 23.4 Å². The van der Waals surface area contributed by atoms with Crippen LogP contribution in [0.2, 0.25) is 5.02 Å². The van der Waals surface area contributed by atoms with Gasteiger partial charge in [0.1, 0.15) is 0 Å². The third-order valence-electron chi connectivity index (χ3n) is 3.00. The average molecular weight is 306 g/mol. The van der Waals surface area contributed by atoms with E-state index in [0.717, 1.165) is 30.3 Å². The van der Waals surface area contributed by atoms with E-state index in [1.807, 2.05) is 17.8 Å². The maximum absolute atomic E-state index is 6.11. The van der Waals surface area contributed by atoms with Crippen LogP contribution in [0.25, 0.3) is 0 Å². The first-order valence-electron chi connectivity index (χ1n) is 6.95. The Kier molecular flexibility index (Phi) is 6.44. The Morgan fingerprint density at radius 3 is 2.65 bits per heavy atom. The minimum absolute atomic E-state index is 0.808. The van der Waals surface area contributed by atoms with Gasteiger partial charge in [-0.2, -0.15) is 0 Å². The molecule has 0 amide bonds. The van der Waals surface area contributed by atoms with Gasteiger partial charge in [0.15, 0.2) is 0 Å². The van der Waals surface area contributed by atoms with Crippen molar-refractivity contribution in [1.29, 1.82) is 0 Å². The van der Waals surface area contributed by atoms with Crippen molar-refractivity contribution in [3.63, 3.8) is 0 Å². The van der Waals surface area contributed by atoms with Crippen molar-refractivity contribution >= 4 is 23.4 Å². The number of thioether (sulfide) groups is 1. The van der Waals surface area contributed by atoms with E-state index < -0.39 is 0 Å². The molecule has 0 aromatic heterocycles. The van der Waals surface area contributed by atoms with Crippen molar-refractivity contribution in [1.82, 2.24) is 5.32 Å². The first kappa shape index (κ1) is 15.4. The third-order valence-corrected chi connectivity index (χ3v) is 4.42. The first-order valence-corrected chi connectivity index (χ1v) is 8.32. The quantitative estimate of drug-likeness (QED) is 0.562. The lowest BCUT2D eigenvalue weighted by Crippen LogP contribution is -2.14. The normalized spacial score (nSPS) is 10.7. The average Bonchev–Trinajstić information content (AvgIpc) is 2.48. The van der Waals surface area contributed by atoms with Crippen LogP contribution in [0.1, 0.15) is 24.5 Å². The van der Waals surface area contributed by atoms with E-state index in [2.05, 4.69) is 54.7 Å². The summed E-state index contributed by atoms with van der Waals surface area (Å²) in [6.45, 7) is 4.09. The van der Waals surface area contributed by atoms with Gasteiger partial charge in [-0.15, -0.1) is 11.8 Å². The van der Waals surface area contributed by atoms with Crippen molar-refractivity contribution in [2.45, 2.75) is 30.5 Å². The fraction of sp³-hybridized carbons (Fsp3) is 0.294. The lowest BCUT2D eigenvalue weighted by molar-refractivity contribution is 0.669. The zero-order valence-electron chi connectivity index (χ0n) is 11.7. The summed E-state index contributed by atoms with van der Waals surface area (Å²) >= 11 is 7.98. The van der Waals surface area contributed by atoms with E-state index in [4.69, 9.17) is 11.6 Å². The summed E-state index contributed by atoms with van der Waals surface area (Å²) in [7, 11) is 0. The van der Waals surface area contributed by atoms with Gasteiger partial charge in [0.2, 0.25) is 0 Å². The Bertz CT molecular complexity index is 528. The van der Waals surface area contributed by atoms with E-state index in [1.54, 1.807) is 0 Å². The number of hydrogen-bond acceptors (Lipinski definition) is 2. The van der Waals surface area contributed by atoms with Crippen LogP contribution < -0.4 is 5.32 Å². The molecule has 0 aliphatic carbocycles. The molecule has 2 aromatic carbocycles. The van der Waals surface area contributed by atoms with Crippen LogP contribution in [-0.4, -0.2) is 6.54 Å². The van der Waals surface area contributed by atoms with Crippen LogP contribution in [0, 0.1) is 0 Å². The number of halogens is 1. The van der Waals surface area contributed by atoms with Gasteiger partial charge in [0, 0.05) is 22.2 Å². The topological polar surface area (TPSA) is 12.0 Å². The van der Waals surface area contributed by atoms with E-state index in [0.29, 0.717) is 0 Å². The fourth-order valence-corrected chi connectivity index (χ4v) is 3.15. The molecule has 0 unspecified atom stereocenters. The predicted molar refractivity (Wildman–Crippen MR) is 89.5 cm³/mol. The van der Waals surface area contributed by atoms with E-state index in [9.17, 15) is 0 Å². The predicted octanol–water partition coefficient (Wildman–Crippen LogP) is 5.13. The van der Waals surface area contributed by atoms with Gasteiger partial charge in [0.25, 0.3) is 0 Å². The minimum Gasteiger partial charge on any atom is -0.313 e. The second-order valence-electron chi connectivity index (χ2n) is 4.70. The molecule has 0 aliphatic heterocycles. The van der Waals surface area contributed by atoms with Gasteiger partial charge in [-0.3, -0.25) is 0 Å². The number of hydrogen-bond donors (Lipinski definition) is 1. The monoisotopic (exact) mass is 305 g/mol. The second-order valence-corrected chi connectivity index (χ2v) is 6.16. The summed E-state index contributed by atoms with van der Waals surface area (Å²) in [6.07, 6.45) is 1.15. The third kappa shape index (κ3) is 4.86. The highest BCUT2D eigenvalue weighted by Crippen LogP contribution is 2.28. The molecule has 0 saturated carbocycles. The van der Waals surface area contributed by atoms with Gasteiger partial charge >= 0.3 is 0 Å². The highest BCUT2D eigenvalue weighted by atomic mass is 35.5. The van der Waals surface area contributed by atoms with Gasteiger partial charge in [0.05, 0.1) is 0 Å². The molecule has 1 nitrogen and oxygen atoms in total. The first-order chi connectivity index (χ1) is 9.79. The van der Waals surface area contributed by atoms with Gasteiger partial charge in [-0.1, -0.05) is 48.9 Å². The number of rotatable bonds is 7. The number of benzene rings is 2. The van der Waals surface area contributed by atoms with Crippen molar-refractivity contribution in [3.8, 4) is 0 Å². The van der Waals surface area contributed by atoms with Gasteiger partial charge < -0.3 is 5.32 Å². The SMILES string of the molecule is CCCNCc1cc(Cl)ccc1SCc1ccccc1. The van der Waals surface area contributed by atoms with Crippen LogP contribution in [-0.2, 0) is 12.3 Å². The van der Waals surface area contributed by atoms with Crippen molar-refractivity contribution < 1.29 is 0 Å². The molecule has 2 aromatic rings. The lowest BCUT2D eigenvalue weighted by Gasteiger charge is -2.11. The molecule has 1 N–H and O–H groups in total. The molecule has 0 spiro atoms. The lowest BCUT2D eigenvalue weighted by atomic mass is 10.2. The summed E-state index contributed by atoms with van der Waals surface area (Å²) in [5, 5.41) is 4.25. The molecular formula is C17H20ClNS. The maximum Gasteiger partial charge on any atom is 0.0410 e. The van der Waals surface area contributed by atoms with Crippen molar-refractivity contribution in [2.24, 2.45) is 0 Å². The molecule has 3 heteroatoms. The zero-order chi connectivity index (χ0) is 14.2. The Balaban J connectivity index is 2.02. The van der Waals surface area contributed by atoms with Gasteiger partial charge in [-0.05, 0) is 42.3 Å². The molecule has 0 bridgehead atoms. The fourth-order valence-electron chi connectivity index (χ4n) is 1.96. The molecule has 106 valence electrons. The maximum atomic E-state index is 6.11. The van der Waals surface area contributed by atoms with Crippen LogP contribution in [0.5, 0.6) is 0 Å². The molecule has 0 aliphatic rings. The highest BCUT2D eigenvalue weighted by molar-refractivity contribution is 7.98. The molecule has 0 fully saturated rings. The summed E-state index contributed by atoms with van der Waals surface area (Å²) < 4.78 is 0. The van der Waals surface area contributed by atoms with Crippen LogP contribution in [0.15, 0.2) is 53.4 Å². The summed E-state index contributed by atoms with van der Waals surface area (Å²) in [6, 6.07) is 16.7. The van der Waals surface area contributed by atoms with Gasteiger partial charge in [-0.25, -0.2) is 0 Å². The minimum atomic E-state index is 0.808.